The molecule has 21 heavy (non-hydrogen) atoms. The molecule has 0 aliphatic carbocycles. The highest BCUT2D eigenvalue weighted by molar-refractivity contribution is 14.1. The minimum absolute atomic E-state index is 0.0118. The first-order valence-electron chi connectivity index (χ1n) is 5.65. The Morgan fingerprint density at radius 2 is 1.67 bits per heavy atom. The number of aromatic nitrogens is 2. The zero-order chi connectivity index (χ0) is 15.8. The van der Waals surface area contributed by atoms with Crippen LogP contribution in [0.25, 0.3) is 0 Å². The lowest BCUT2D eigenvalue weighted by Crippen LogP contribution is -2.31. The van der Waals surface area contributed by atoms with Gasteiger partial charge >= 0.3 is 10.2 Å². The zero-order valence-corrected chi connectivity index (χ0v) is 14.9. The standard InChI is InChI=1S/C11H12IN3O4S2/c1-14(2)21(18,19)15-10(12)8-13-11(15)20(16,17)9-6-4-3-5-7-9/h3-8H,1-2H3. The third kappa shape index (κ3) is 2.84. The molecule has 7 nitrogen and oxygen atoms in total. The van der Waals surface area contributed by atoms with Gasteiger partial charge in [-0.1, -0.05) is 18.2 Å². The van der Waals surface area contributed by atoms with Crippen molar-refractivity contribution in [1.82, 2.24) is 13.3 Å². The second-order valence-corrected chi connectivity index (χ2v) is 9.17. The second-order valence-electron chi connectivity index (χ2n) is 4.23. The average molecular weight is 441 g/mol. The minimum atomic E-state index is -4.02. The Labute approximate surface area is 136 Å². The third-order valence-corrected chi connectivity index (χ3v) is 7.25. The molecular weight excluding hydrogens is 429 g/mol. The van der Waals surface area contributed by atoms with E-state index in [0.29, 0.717) is 0 Å². The largest absolute Gasteiger partial charge is 0.310 e. The van der Waals surface area contributed by atoms with Gasteiger partial charge in [-0.15, -0.1) is 0 Å². The quantitative estimate of drug-likeness (QED) is 0.660. The summed E-state index contributed by atoms with van der Waals surface area (Å²) >= 11 is 1.73. The highest BCUT2D eigenvalue weighted by Gasteiger charge is 2.31. The van der Waals surface area contributed by atoms with E-state index in [-0.39, 0.29) is 8.60 Å². The van der Waals surface area contributed by atoms with Crippen LogP contribution in [-0.2, 0) is 20.0 Å². The maximum atomic E-state index is 12.6. The fraction of sp³-hybridized carbons (Fsp3) is 0.182. The van der Waals surface area contributed by atoms with Gasteiger partial charge in [0.05, 0.1) is 11.1 Å². The van der Waals surface area contributed by atoms with E-state index in [2.05, 4.69) is 4.98 Å². The molecule has 0 aliphatic rings. The van der Waals surface area contributed by atoms with Gasteiger partial charge in [0, 0.05) is 14.1 Å². The van der Waals surface area contributed by atoms with Crippen molar-refractivity contribution in [3.8, 4) is 0 Å². The SMILES string of the molecule is CN(C)S(=O)(=O)n1c(I)cnc1S(=O)(=O)c1ccccc1. The van der Waals surface area contributed by atoms with Crippen LogP contribution in [-0.4, -0.2) is 44.2 Å². The predicted octanol–water partition coefficient (Wildman–Crippen LogP) is 0.975. The number of rotatable bonds is 4. The summed E-state index contributed by atoms with van der Waals surface area (Å²) in [6.07, 6.45) is 1.21. The maximum absolute atomic E-state index is 12.6. The minimum Gasteiger partial charge on any atom is -0.224 e. The Morgan fingerprint density at radius 1 is 1.10 bits per heavy atom. The number of imidazole rings is 1. The lowest BCUT2D eigenvalue weighted by molar-refractivity contribution is 0.501. The van der Waals surface area contributed by atoms with Crippen LogP contribution in [0, 0.1) is 3.70 Å². The van der Waals surface area contributed by atoms with Crippen LogP contribution in [0.5, 0.6) is 0 Å². The molecule has 0 unspecified atom stereocenters. The van der Waals surface area contributed by atoms with Gasteiger partial charge in [-0.05, 0) is 34.7 Å². The molecule has 2 rings (SSSR count). The van der Waals surface area contributed by atoms with Crippen molar-refractivity contribution in [2.45, 2.75) is 10.1 Å². The third-order valence-electron chi connectivity index (χ3n) is 2.64. The predicted molar refractivity (Wildman–Crippen MR) is 84.8 cm³/mol. The van der Waals surface area contributed by atoms with Gasteiger partial charge in [0.15, 0.2) is 0 Å². The fourth-order valence-corrected chi connectivity index (χ4v) is 5.49. The number of benzene rings is 1. The molecule has 0 fully saturated rings. The fourth-order valence-electron chi connectivity index (χ4n) is 1.56. The molecule has 0 amide bonds. The lowest BCUT2D eigenvalue weighted by atomic mass is 10.4. The van der Waals surface area contributed by atoms with Crippen molar-refractivity contribution < 1.29 is 16.8 Å². The molecule has 0 saturated carbocycles. The Bertz CT molecular complexity index is 858. The summed E-state index contributed by atoms with van der Waals surface area (Å²) in [5, 5.41) is -0.521. The van der Waals surface area contributed by atoms with E-state index in [1.807, 2.05) is 0 Å². The average Bonchev–Trinajstić information content (AvgIpc) is 2.83. The van der Waals surface area contributed by atoms with E-state index in [1.165, 1.54) is 32.4 Å². The van der Waals surface area contributed by atoms with Crippen molar-refractivity contribution in [3.05, 3.63) is 40.2 Å². The first kappa shape index (κ1) is 16.4. The first-order valence-corrected chi connectivity index (χ1v) is 9.61. The molecule has 0 N–H and O–H groups in total. The van der Waals surface area contributed by atoms with Crippen LogP contribution >= 0.6 is 22.6 Å². The number of halogens is 1. The highest BCUT2D eigenvalue weighted by Crippen LogP contribution is 2.23. The number of sulfone groups is 1. The monoisotopic (exact) mass is 441 g/mol. The molecule has 0 aliphatic heterocycles. The maximum Gasteiger partial charge on any atom is 0.310 e. The van der Waals surface area contributed by atoms with Gasteiger partial charge in [0.2, 0.25) is 15.0 Å². The molecule has 0 atom stereocenters. The molecule has 114 valence electrons. The van der Waals surface area contributed by atoms with Crippen molar-refractivity contribution in [2.75, 3.05) is 14.1 Å². The summed E-state index contributed by atoms with van der Waals surface area (Å²) in [4.78, 5) is 3.76. The smallest absolute Gasteiger partial charge is 0.224 e. The lowest BCUT2D eigenvalue weighted by Gasteiger charge is -2.15. The second kappa shape index (κ2) is 5.66. The summed E-state index contributed by atoms with van der Waals surface area (Å²) < 4.78 is 51.6. The van der Waals surface area contributed by atoms with E-state index in [9.17, 15) is 16.8 Å². The number of nitrogens with zero attached hydrogens (tertiary/aromatic N) is 3. The highest BCUT2D eigenvalue weighted by atomic mass is 127. The summed E-state index contributed by atoms with van der Waals surface area (Å²) in [7, 11) is -5.36. The Kier molecular flexibility index (Phi) is 4.42. The molecule has 1 aromatic heterocycles. The van der Waals surface area contributed by atoms with Crippen LogP contribution in [0.1, 0.15) is 0 Å². The Hall–Kier alpha value is -0.980. The molecule has 2 aromatic rings. The number of hydrogen-bond donors (Lipinski definition) is 0. The van der Waals surface area contributed by atoms with Crippen molar-refractivity contribution in [3.63, 3.8) is 0 Å². The van der Waals surface area contributed by atoms with Gasteiger partial charge in [-0.25, -0.2) is 13.4 Å². The van der Waals surface area contributed by atoms with Crippen LogP contribution in [0.15, 0.2) is 46.6 Å². The summed E-state index contributed by atoms with van der Waals surface area (Å²) in [6.45, 7) is 0. The van der Waals surface area contributed by atoms with Crippen molar-refractivity contribution in [2.24, 2.45) is 0 Å². The van der Waals surface area contributed by atoms with Crippen LogP contribution < -0.4 is 0 Å². The summed E-state index contributed by atoms with van der Waals surface area (Å²) in [5.74, 6) is 0. The Balaban J connectivity index is 2.74. The van der Waals surface area contributed by atoms with E-state index in [4.69, 9.17) is 0 Å². The van der Waals surface area contributed by atoms with E-state index >= 15 is 0 Å². The summed E-state index contributed by atoms with van der Waals surface area (Å²) in [6, 6.07) is 7.58. The van der Waals surface area contributed by atoms with E-state index < -0.39 is 25.2 Å². The molecule has 0 spiro atoms. The topological polar surface area (TPSA) is 89.3 Å². The number of hydrogen-bond acceptors (Lipinski definition) is 5. The molecule has 10 heteroatoms. The van der Waals surface area contributed by atoms with Crippen LogP contribution in [0.4, 0.5) is 0 Å². The van der Waals surface area contributed by atoms with Crippen LogP contribution in [0.2, 0.25) is 0 Å². The zero-order valence-electron chi connectivity index (χ0n) is 11.1. The molecule has 1 heterocycles. The van der Waals surface area contributed by atoms with E-state index in [0.717, 1.165) is 8.28 Å². The first-order chi connectivity index (χ1) is 9.69. The van der Waals surface area contributed by atoms with Crippen molar-refractivity contribution in [1.29, 1.82) is 0 Å². The molecule has 1 aromatic carbocycles. The van der Waals surface area contributed by atoms with Crippen LogP contribution in [0.3, 0.4) is 0 Å². The normalized spacial score (nSPS) is 12.8. The van der Waals surface area contributed by atoms with Gasteiger partial charge in [0.1, 0.15) is 3.70 Å². The molecule has 0 saturated heterocycles. The van der Waals surface area contributed by atoms with Gasteiger partial charge < -0.3 is 0 Å². The van der Waals surface area contributed by atoms with Gasteiger partial charge in [-0.2, -0.15) is 16.7 Å². The molecular formula is C11H12IN3O4S2. The van der Waals surface area contributed by atoms with Gasteiger partial charge in [0.25, 0.3) is 0 Å². The van der Waals surface area contributed by atoms with Gasteiger partial charge in [-0.3, -0.25) is 0 Å². The Morgan fingerprint density at radius 3 is 2.19 bits per heavy atom. The van der Waals surface area contributed by atoms with Crippen molar-refractivity contribution >= 4 is 42.6 Å². The van der Waals surface area contributed by atoms with E-state index in [1.54, 1.807) is 40.8 Å². The molecule has 0 bridgehead atoms. The summed E-state index contributed by atoms with van der Waals surface area (Å²) in [5.41, 5.74) is 0. The molecule has 0 radical (unpaired) electrons.